The summed E-state index contributed by atoms with van der Waals surface area (Å²) in [7, 11) is 2.76. The molecule has 0 atom stereocenters. The van der Waals surface area contributed by atoms with Crippen molar-refractivity contribution in [3.05, 3.63) is 26.4 Å². The van der Waals surface area contributed by atoms with Crippen LogP contribution in [0.15, 0.2) is 14.6 Å². The van der Waals surface area contributed by atoms with E-state index in [1.54, 1.807) is 0 Å². The molecule has 0 radical (unpaired) electrons. The molecule has 1 N–H and O–H groups in total. The molecule has 0 spiro atoms. The Hall–Kier alpha value is -2.42. The highest BCUT2D eigenvalue weighted by Gasteiger charge is 2.22. The first-order valence-corrected chi connectivity index (χ1v) is 8.74. The van der Waals surface area contributed by atoms with E-state index >= 15 is 0 Å². The molecule has 1 aromatic rings. The second kappa shape index (κ2) is 8.31. The van der Waals surface area contributed by atoms with E-state index in [1.807, 2.05) is 18.7 Å². The van der Waals surface area contributed by atoms with Gasteiger partial charge in [0.1, 0.15) is 5.56 Å². The van der Waals surface area contributed by atoms with Crippen molar-refractivity contribution in [1.29, 1.82) is 0 Å². The van der Waals surface area contributed by atoms with Gasteiger partial charge in [0.15, 0.2) is 0 Å². The van der Waals surface area contributed by atoms with E-state index in [0.29, 0.717) is 26.2 Å². The number of aromatic nitrogens is 2. The van der Waals surface area contributed by atoms with Crippen LogP contribution < -0.4 is 11.2 Å². The van der Waals surface area contributed by atoms with Gasteiger partial charge in [-0.15, -0.1) is 0 Å². The number of aliphatic imine (C=N–C) groups is 1. The van der Waals surface area contributed by atoms with Crippen molar-refractivity contribution < 1.29 is 9.90 Å². The number of hydrogen-bond donors (Lipinski definition) is 1. The topological polar surface area (TPSA) is 100 Å². The van der Waals surface area contributed by atoms with Gasteiger partial charge in [-0.2, -0.15) is 0 Å². The van der Waals surface area contributed by atoms with Gasteiger partial charge in [-0.1, -0.05) is 13.8 Å². The quantitative estimate of drug-likeness (QED) is 0.675. The maximum absolute atomic E-state index is 12.1. The fourth-order valence-electron chi connectivity index (χ4n) is 2.88. The molecule has 0 bridgehead atoms. The monoisotopic (exact) mass is 365 g/mol. The largest absolute Gasteiger partial charge is 0.494 e. The SMILES string of the molecule is CC(C)C(=O)N1CCN(CCN=Cc2c(O)n(C)c(=O)n(C)c2=O)CC1. The number of carbonyl (C=O) groups excluding carboxylic acids is 1. The molecule has 1 aliphatic heterocycles. The zero-order valence-electron chi connectivity index (χ0n) is 15.8. The van der Waals surface area contributed by atoms with E-state index in [2.05, 4.69) is 9.89 Å². The molecule has 0 saturated carbocycles. The number of carbonyl (C=O) groups is 1. The van der Waals surface area contributed by atoms with Gasteiger partial charge in [0.05, 0.1) is 6.54 Å². The molecule has 1 saturated heterocycles. The molecule has 1 amide bonds. The van der Waals surface area contributed by atoms with Crippen LogP contribution in [0, 0.1) is 5.92 Å². The summed E-state index contributed by atoms with van der Waals surface area (Å²) in [5.41, 5.74) is -1.16. The third kappa shape index (κ3) is 4.21. The van der Waals surface area contributed by atoms with Gasteiger partial charge in [-0.05, 0) is 0 Å². The highest BCUT2D eigenvalue weighted by atomic mass is 16.3. The van der Waals surface area contributed by atoms with E-state index in [0.717, 1.165) is 22.2 Å². The molecule has 1 aliphatic rings. The molecule has 2 rings (SSSR count). The zero-order valence-corrected chi connectivity index (χ0v) is 15.8. The van der Waals surface area contributed by atoms with E-state index in [1.165, 1.54) is 20.3 Å². The molecule has 9 heteroatoms. The van der Waals surface area contributed by atoms with Crippen LogP contribution >= 0.6 is 0 Å². The van der Waals surface area contributed by atoms with Gasteiger partial charge >= 0.3 is 5.69 Å². The Bertz CT molecular complexity index is 801. The van der Waals surface area contributed by atoms with Crippen molar-refractivity contribution in [1.82, 2.24) is 18.9 Å². The molecule has 1 fully saturated rings. The normalized spacial score (nSPS) is 16.0. The predicted octanol–water partition coefficient (Wildman–Crippen LogP) is -0.991. The van der Waals surface area contributed by atoms with Crippen LogP contribution in [0.5, 0.6) is 5.88 Å². The molecule has 0 unspecified atom stereocenters. The maximum atomic E-state index is 12.1. The van der Waals surface area contributed by atoms with Crippen molar-refractivity contribution >= 4 is 12.1 Å². The van der Waals surface area contributed by atoms with Crippen molar-refractivity contribution in [2.75, 3.05) is 39.3 Å². The summed E-state index contributed by atoms with van der Waals surface area (Å²) in [6, 6.07) is 0. The Balaban J connectivity index is 1.91. The fourth-order valence-corrected chi connectivity index (χ4v) is 2.88. The number of nitrogens with zero attached hydrogens (tertiary/aromatic N) is 5. The molecule has 2 heterocycles. The smallest absolute Gasteiger partial charge is 0.333 e. The standard InChI is InChI=1S/C17H27N5O4/c1-12(2)14(23)22-9-7-21(8-10-22)6-5-18-11-13-15(24)19(3)17(26)20(4)16(13)25/h11-12,24H,5-10H2,1-4H3. The fraction of sp³-hybridized carbons (Fsp3) is 0.647. The number of aromatic hydroxyl groups is 1. The van der Waals surface area contributed by atoms with Crippen molar-refractivity contribution in [3.63, 3.8) is 0 Å². The minimum atomic E-state index is -0.585. The second-order valence-electron chi connectivity index (χ2n) is 6.80. The van der Waals surface area contributed by atoms with Crippen LogP contribution in [0.4, 0.5) is 0 Å². The minimum Gasteiger partial charge on any atom is -0.494 e. The van der Waals surface area contributed by atoms with Crippen LogP contribution in [0.1, 0.15) is 19.4 Å². The Kier molecular flexibility index (Phi) is 6.36. The summed E-state index contributed by atoms with van der Waals surface area (Å²) in [6.45, 7) is 7.98. The van der Waals surface area contributed by atoms with Gasteiger partial charge in [0, 0.05) is 59.0 Å². The second-order valence-corrected chi connectivity index (χ2v) is 6.80. The average Bonchev–Trinajstić information content (AvgIpc) is 2.64. The van der Waals surface area contributed by atoms with Gasteiger partial charge < -0.3 is 10.0 Å². The molecule has 0 aliphatic carbocycles. The highest BCUT2D eigenvalue weighted by Crippen LogP contribution is 2.08. The summed E-state index contributed by atoms with van der Waals surface area (Å²) in [5.74, 6) is -0.186. The van der Waals surface area contributed by atoms with Gasteiger partial charge in [0.25, 0.3) is 5.56 Å². The first-order chi connectivity index (χ1) is 12.2. The van der Waals surface area contributed by atoms with Gasteiger partial charge in [-0.25, -0.2) is 4.79 Å². The van der Waals surface area contributed by atoms with Crippen molar-refractivity contribution in [2.45, 2.75) is 13.8 Å². The van der Waals surface area contributed by atoms with Crippen LogP contribution in [0.25, 0.3) is 0 Å². The van der Waals surface area contributed by atoms with Crippen molar-refractivity contribution in [2.24, 2.45) is 25.0 Å². The Morgan fingerprint density at radius 3 is 2.35 bits per heavy atom. The lowest BCUT2D eigenvalue weighted by atomic mass is 10.1. The van der Waals surface area contributed by atoms with Crippen LogP contribution in [-0.4, -0.2) is 75.4 Å². The van der Waals surface area contributed by atoms with Crippen LogP contribution in [0.3, 0.4) is 0 Å². The lowest BCUT2D eigenvalue weighted by molar-refractivity contribution is -0.136. The zero-order chi connectivity index (χ0) is 19.4. The lowest BCUT2D eigenvalue weighted by Gasteiger charge is -2.35. The van der Waals surface area contributed by atoms with Gasteiger partial charge in [0.2, 0.25) is 11.8 Å². The van der Waals surface area contributed by atoms with E-state index in [9.17, 15) is 19.5 Å². The molecule has 26 heavy (non-hydrogen) atoms. The summed E-state index contributed by atoms with van der Waals surface area (Å²) in [4.78, 5) is 44.0. The maximum Gasteiger partial charge on any atom is 0.333 e. The lowest BCUT2D eigenvalue weighted by Crippen LogP contribution is -2.50. The average molecular weight is 365 g/mol. The van der Waals surface area contributed by atoms with E-state index in [-0.39, 0.29) is 23.3 Å². The number of piperazine rings is 1. The van der Waals surface area contributed by atoms with E-state index in [4.69, 9.17) is 0 Å². The van der Waals surface area contributed by atoms with E-state index < -0.39 is 11.2 Å². The summed E-state index contributed by atoms with van der Waals surface area (Å²) in [6.07, 6.45) is 1.32. The Morgan fingerprint density at radius 1 is 1.15 bits per heavy atom. The molecular formula is C17H27N5O4. The molecule has 1 aromatic heterocycles. The first-order valence-electron chi connectivity index (χ1n) is 8.74. The van der Waals surface area contributed by atoms with Crippen LogP contribution in [-0.2, 0) is 18.9 Å². The Labute approximate surface area is 152 Å². The molecule has 144 valence electrons. The third-order valence-electron chi connectivity index (χ3n) is 4.61. The molecular weight excluding hydrogens is 338 g/mol. The summed E-state index contributed by atoms with van der Waals surface area (Å²) >= 11 is 0. The number of rotatable bonds is 5. The molecule has 0 aromatic carbocycles. The Morgan fingerprint density at radius 2 is 1.77 bits per heavy atom. The summed E-state index contributed by atoms with van der Waals surface area (Å²) in [5, 5.41) is 9.97. The predicted molar refractivity (Wildman–Crippen MR) is 98.9 cm³/mol. The number of amides is 1. The first kappa shape index (κ1) is 19.9. The number of hydrogen-bond acceptors (Lipinski definition) is 6. The minimum absolute atomic E-state index is 0.00180. The van der Waals surface area contributed by atoms with Crippen LogP contribution in [0.2, 0.25) is 0 Å². The van der Waals surface area contributed by atoms with Gasteiger partial charge in [-0.3, -0.25) is 28.6 Å². The highest BCUT2D eigenvalue weighted by molar-refractivity contribution is 5.81. The summed E-state index contributed by atoms with van der Waals surface area (Å²) < 4.78 is 1.94. The van der Waals surface area contributed by atoms with Crippen molar-refractivity contribution in [3.8, 4) is 5.88 Å². The molecule has 9 nitrogen and oxygen atoms in total. The third-order valence-corrected chi connectivity index (χ3v) is 4.61.